The van der Waals surface area contributed by atoms with E-state index in [-0.39, 0.29) is 0 Å². The Balaban J connectivity index is 1.76. The van der Waals surface area contributed by atoms with Crippen LogP contribution in [0.15, 0.2) is 48.5 Å². The van der Waals surface area contributed by atoms with Gasteiger partial charge in [-0.25, -0.2) is 9.97 Å². The van der Waals surface area contributed by atoms with Crippen LogP contribution >= 0.6 is 0 Å². The highest BCUT2D eigenvalue weighted by molar-refractivity contribution is 6.01. The number of aryl methyl sites for hydroxylation is 3. The number of imidazole rings is 3. The summed E-state index contributed by atoms with van der Waals surface area (Å²) in [7, 11) is 2.13. The first kappa shape index (κ1) is 21.9. The molecule has 6 rings (SSSR count). The third-order valence-corrected chi connectivity index (χ3v) is 7.55. The smallest absolute Gasteiger partial charge is 0.215 e. The molecular formula is C30H33N5. The minimum atomic E-state index is 0.422. The van der Waals surface area contributed by atoms with Gasteiger partial charge in [0, 0.05) is 24.7 Å². The second-order valence-corrected chi connectivity index (χ2v) is 10.3. The summed E-state index contributed by atoms with van der Waals surface area (Å²) in [4.78, 5) is 10.3. The van der Waals surface area contributed by atoms with Crippen molar-refractivity contribution >= 4 is 38.9 Å². The lowest BCUT2D eigenvalue weighted by Crippen LogP contribution is -2.06. The van der Waals surface area contributed by atoms with Crippen LogP contribution < -0.4 is 0 Å². The van der Waals surface area contributed by atoms with Gasteiger partial charge in [0.1, 0.15) is 5.82 Å². The molecule has 0 spiro atoms. The molecular weight excluding hydrogens is 430 g/mol. The SMILES string of the molecule is CCn1c(-c2c(C(C)C)cccc2C(C)C)nc2cc3c(c(C)c21)n(C)c1nc2ccccc2n31. The molecule has 0 radical (unpaired) electrons. The number of nitrogens with zero attached hydrogens (tertiary/aromatic N) is 5. The van der Waals surface area contributed by atoms with E-state index < -0.39 is 0 Å². The van der Waals surface area contributed by atoms with E-state index in [2.05, 4.69) is 105 Å². The van der Waals surface area contributed by atoms with E-state index in [1.165, 1.54) is 33.3 Å². The standard InChI is InChI=1S/C30H33N5/c1-8-34-27-19(6)28-25(35-24-15-10-9-14-22(24)32-30(35)33(28)7)16-23(27)31-29(34)26-20(17(2)3)12-11-13-21(26)18(4)5/h9-18H,8H2,1-7H3. The number of hydrogen-bond acceptors (Lipinski definition) is 2. The Hall–Kier alpha value is -3.60. The first-order valence-corrected chi connectivity index (χ1v) is 12.7. The highest BCUT2D eigenvalue weighted by atomic mass is 15.2. The molecule has 0 atom stereocenters. The van der Waals surface area contributed by atoms with Crippen LogP contribution in [0.5, 0.6) is 0 Å². The molecule has 0 N–H and O–H groups in total. The van der Waals surface area contributed by atoms with Gasteiger partial charge in [0.25, 0.3) is 0 Å². The Labute approximate surface area is 206 Å². The number of aromatic nitrogens is 5. The van der Waals surface area contributed by atoms with E-state index in [4.69, 9.17) is 9.97 Å². The van der Waals surface area contributed by atoms with Gasteiger partial charge < -0.3 is 9.13 Å². The zero-order valence-electron chi connectivity index (χ0n) is 21.7. The number of hydrogen-bond donors (Lipinski definition) is 0. The predicted octanol–water partition coefficient (Wildman–Crippen LogP) is 7.57. The Morgan fingerprint density at radius 3 is 2.14 bits per heavy atom. The fraction of sp³-hybridized carbons (Fsp3) is 0.333. The summed E-state index contributed by atoms with van der Waals surface area (Å²) in [6, 6.07) is 17.4. The van der Waals surface area contributed by atoms with Gasteiger partial charge in [0.15, 0.2) is 0 Å². The summed E-state index contributed by atoms with van der Waals surface area (Å²) in [5, 5.41) is 0. The first-order chi connectivity index (χ1) is 16.8. The highest BCUT2D eigenvalue weighted by Crippen LogP contribution is 2.39. The molecule has 0 unspecified atom stereocenters. The average molecular weight is 464 g/mol. The molecule has 0 bridgehead atoms. The van der Waals surface area contributed by atoms with Crippen molar-refractivity contribution in [2.75, 3.05) is 0 Å². The molecule has 5 nitrogen and oxygen atoms in total. The average Bonchev–Trinajstić information content (AvgIpc) is 3.48. The maximum atomic E-state index is 5.35. The van der Waals surface area contributed by atoms with Gasteiger partial charge in [-0.2, -0.15) is 0 Å². The zero-order valence-corrected chi connectivity index (χ0v) is 21.7. The van der Waals surface area contributed by atoms with Crippen molar-refractivity contribution in [2.24, 2.45) is 7.05 Å². The van der Waals surface area contributed by atoms with Crippen LogP contribution in [0.4, 0.5) is 0 Å². The molecule has 5 heteroatoms. The van der Waals surface area contributed by atoms with Crippen LogP contribution in [0.1, 0.15) is 63.1 Å². The van der Waals surface area contributed by atoms with Crippen molar-refractivity contribution in [3.63, 3.8) is 0 Å². The quantitative estimate of drug-likeness (QED) is 0.270. The number of rotatable bonds is 4. The van der Waals surface area contributed by atoms with Crippen molar-refractivity contribution in [3.05, 3.63) is 65.2 Å². The van der Waals surface area contributed by atoms with Crippen molar-refractivity contribution in [1.29, 1.82) is 0 Å². The van der Waals surface area contributed by atoms with Crippen molar-refractivity contribution < 1.29 is 0 Å². The van der Waals surface area contributed by atoms with E-state index in [1.807, 2.05) is 6.07 Å². The number of para-hydroxylation sites is 2. The largest absolute Gasteiger partial charge is 0.324 e. The van der Waals surface area contributed by atoms with Crippen LogP contribution in [0.25, 0.3) is 50.3 Å². The molecule has 3 aromatic heterocycles. The topological polar surface area (TPSA) is 40.0 Å². The Bertz CT molecular complexity index is 1730. The molecule has 0 aliphatic heterocycles. The van der Waals surface area contributed by atoms with E-state index in [0.29, 0.717) is 11.8 Å². The van der Waals surface area contributed by atoms with Gasteiger partial charge in [-0.3, -0.25) is 4.40 Å². The maximum Gasteiger partial charge on any atom is 0.215 e. The second-order valence-electron chi connectivity index (χ2n) is 10.3. The minimum absolute atomic E-state index is 0.422. The molecule has 35 heavy (non-hydrogen) atoms. The van der Waals surface area contributed by atoms with Crippen LogP contribution in [0.3, 0.4) is 0 Å². The summed E-state index contributed by atoms with van der Waals surface area (Å²) in [6.07, 6.45) is 0. The van der Waals surface area contributed by atoms with Crippen molar-refractivity contribution in [1.82, 2.24) is 23.5 Å². The molecule has 0 saturated carbocycles. The van der Waals surface area contributed by atoms with Gasteiger partial charge in [0.05, 0.1) is 33.1 Å². The first-order valence-electron chi connectivity index (χ1n) is 12.7. The van der Waals surface area contributed by atoms with E-state index in [9.17, 15) is 0 Å². The molecule has 178 valence electrons. The fourth-order valence-corrected chi connectivity index (χ4v) is 5.95. The molecule has 0 amide bonds. The highest BCUT2D eigenvalue weighted by Gasteiger charge is 2.24. The summed E-state index contributed by atoms with van der Waals surface area (Å²) in [5.41, 5.74) is 12.1. The third-order valence-electron chi connectivity index (χ3n) is 7.55. The van der Waals surface area contributed by atoms with E-state index in [0.717, 1.165) is 40.2 Å². The van der Waals surface area contributed by atoms with Crippen molar-refractivity contribution in [3.8, 4) is 11.4 Å². The fourth-order valence-electron chi connectivity index (χ4n) is 5.95. The zero-order chi connectivity index (χ0) is 24.6. The number of benzene rings is 3. The normalized spacial score (nSPS) is 12.5. The Morgan fingerprint density at radius 2 is 1.49 bits per heavy atom. The second kappa shape index (κ2) is 7.70. The van der Waals surface area contributed by atoms with E-state index >= 15 is 0 Å². The summed E-state index contributed by atoms with van der Waals surface area (Å²) in [5.74, 6) is 2.89. The van der Waals surface area contributed by atoms with Crippen LogP contribution in [-0.2, 0) is 13.6 Å². The van der Waals surface area contributed by atoms with Gasteiger partial charge in [-0.1, -0.05) is 58.0 Å². The summed E-state index contributed by atoms with van der Waals surface area (Å²) >= 11 is 0. The lowest BCUT2D eigenvalue weighted by molar-refractivity contribution is 0.779. The van der Waals surface area contributed by atoms with Crippen molar-refractivity contribution in [2.45, 2.75) is 59.9 Å². The maximum absolute atomic E-state index is 5.35. The molecule has 6 aromatic rings. The Morgan fingerprint density at radius 1 is 0.800 bits per heavy atom. The van der Waals surface area contributed by atoms with Crippen LogP contribution in [0, 0.1) is 6.92 Å². The summed E-state index contributed by atoms with van der Waals surface area (Å²) in [6.45, 7) is 14.5. The Kier molecular flexibility index (Phi) is 4.82. The third kappa shape index (κ3) is 2.94. The lowest BCUT2D eigenvalue weighted by atomic mass is 9.88. The molecule has 0 aliphatic rings. The van der Waals surface area contributed by atoms with Gasteiger partial charge in [-0.05, 0) is 55.0 Å². The molecule has 0 aliphatic carbocycles. The molecule has 3 heterocycles. The van der Waals surface area contributed by atoms with Gasteiger partial charge in [-0.15, -0.1) is 0 Å². The predicted molar refractivity (Wildman–Crippen MR) is 146 cm³/mol. The van der Waals surface area contributed by atoms with E-state index in [1.54, 1.807) is 0 Å². The monoisotopic (exact) mass is 463 g/mol. The minimum Gasteiger partial charge on any atom is -0.324 e. The number of fused-ring (bicyclic) bond motifs is 6. The lowest BCUT2D eigenvalue weighted by Gasteiger charge is -2.20. The molecule has 0 fully saturated rings. The van der Waals surface area contributed by atoms with Crippen LogP contribution in [-0.4, -0.2) is 23.5 Å². The van der Waals surface area contributed by atoms with Gasteiger partial charge in [0.2, 0.25) is 5.78 Å². The van der Waals surface area contributed by atoms with Crippen LogP contribution in [0.2, 0.25) is 0 Å². The van der Waals surface area contributed by atoms with Gasteiger partial charge >= 0.3 is 0 Å². The molecule has 3 aromatic carbocycles. The summed E-state index contributed by atoms with van der Waals surface area (Å²) < 4.78 is 6.94. The molecule has 0 saturated heterocycles.